The average molecular weight is 425 g/mol. The lowest BCUT2D eigenvalue weighted by atomic mass is 9.98. The molecule has 0 saturated carbocycles. The second kappa shape index (κ2) is 6.77. The number of amides is 1. The number of hydrogen-bond donors (Lipinski definition) is 0. The van der Waals surface area contributed by atoms with E-state index >= 15 is 0 Å². The maximum atomic E-state index is 13.6. The number of carbonyl (C=O) groups is 1. The highest BCUT2D eigenvalue weighted by atomic mass is 32.2. The first-order valence-electron chi connectivity index (χ1n) is 9.78. The highest BCUT2D eigenvalue weighted by Crippen LogP contribution is 2.44. The zero-order chi connectivity index (χ0) is 21.0. The predicted octanol–water partition coefficient (Wildman–Crippen LogP) is 3.32. The van der Waals surface area contributed by atoms with E-state index in [1.807, 2.05) is 9.58 Å². The van der Waals surface area contributed by atoms with Crippen LogP contribution in [0.4, 0.5) is 4.39 Å². The minimum atomic E-state index is -3.26. The maximum Gasteiger partial charge on any atom is 0.254 e. The van der Waals surface area contributed by atoms with Gasteiger partial charge in [0.05, 0.1) is 28.5 Å². The fourth-order valence-electron chi connectivity index (χ4n) is 4.62. The molecule has 1 aromatic heterocycles. The normalized spacial score (nSPS) is 20.3. The van der Waals surface area contributed by atoms with Crippen LogP contribution in [-0.4, -0.2) is 41.3 Å². The molecule has 0 unspecified atom stereocenters. The van der Waals surface area contributed by atoms with Crippen molar-refractivity contribution in [2.24, 2.45) is 0 Å². The molecule has 2 aromatic carbocycles. The summed E-state index contributed by atoms with van der Waals surface area (Å²) in [4.78, 5) is 15.2. The lowest BCUT2D eigenvalue weighted by Gasteiger charge is -2.35. The Morgan fingerprint density at radius 1 is 1.13 bits per heavy atom. The summed E-state index contributed by atoms with van der Waals surface area (Å²) >= 11 is 0. The number of sulfone groups is 1. The summed E-state index contributed by atoms with van der Waals surface area (Å²) < 4.78 is 38.9. The number of fused-ring (bicyclic) bond motifs is 4. The Morgan fingerprint density at radius 3 is 2.60 bits per heavy atom. The lowest BCUT2D eigenvalue weighted by Crippen LogP contribution is -2.42. The fraction of sp³-hybridized carbons (Fsp3) is 0.273. The van der Waals surface area contributed by atoms with Gasteiger partial charge in [0.25, 0.3) is 5.91 Å². The fourth-order valence-corrected chi connectivity index (χ4v) is 5.25. The van der Waals surface area contributed by atoms with Gasteiger partial charge >= 0.3 is 0 Å². The lowest BCUT2D eigenvalue weighted by molar-refractivity contribution is 0.0644. The van der Waals surface area contributed by atoms with E-state index in [1.54, 1.807) is 42.6 Å². The SMILES string of the molecule is CS(=O)(=O)c1ccc(-n2ncc3c2C[C@@H]2CC[C@H]3N2C(=O)c2cccc(F)c2)cc1. The topological polar surface area (TPSA) is 72.3 Å². The van der Waals surface area contributed by atoms with E-state index in [2.05, 4.69) is 5.10 Å². The minimum Gasteiger partial charge on any atom is -0.328 e. The molecule has 2 aliphatic rings. The van der Waals surface area contributed by atoms with Gasteiger partial charge in [0.15, 0.2) is 9.84 Å². The van der Waals surface area contributed by atoms with Crippen LogP contribution in [0.15, 0.2) is 59.6 Å². The summed E-state index contributed by atoms with van der Waals surface area (Å²) in [5.74, 6) is -0.575. The van der Waals surface area contributed by atoms with Crippen molar-refractivity contribution in [1.29, 1.82) is 0 Å². The zero-order valence-corrected chi connectivity index (χ0v) is 17.1. The molecular formula is C22H20FN3O3S. The second-order valence-electron chi connectivity index (χ2n) is 7.90. The maximum absolute atomic E-state index is 13.6. The molecule has 6 nitrogen and oxygen atoms in total. The van der Waals surface area contributed by atoms with Gasteiger partial charge < -0.3 is 4.90 Å². The largest absolute Gasteiger partial charge is 0.328 e. The van der Waals surface area contributed by atoms with Gasteiger partial charge in [-0.05, 0) is 55.3 Å². The van der Waals surface area contributed by atoms with Crippen molar-refractivity contribution in [3.63, 3.8) is 0 Å². The molecule has 8 heteroatoms. The summed E-state index contributed by atoms with van der Waals surface area (Å²) in [6, 6.07) is 12.4. The average Bonchev–Trinajstić information content (AvgIpc) is 3.28. The molecule has 5 rings (SSSR count). The zero-order valence-electron chi connectivity index (χ0n) is 16.3. The Kier molecular flexibility index (Phi) is 4.28. The molecule has 154 valence electrons. The molecule has 3 aromatic rings. The summed E-state index contributed by atoms with van der Waals surface area (Å²) in [7, 11) is -3.26. The number of aromatic nitrogens is 2. The van der Waals surface area contributed by atoms with Crippen molar-refractivity contribution in [2.75, 3.05) is 6.26 Å². The highest BCUT2D eigenvalue weighted by Gasteiger charge is 2.44. The first-order chi connectivity index (χ1) is 14.3. The monoisotopic (exact) mass is 425 g/mol. The number of hydrogen-bond acceptors (Lipinski definition) is 4. The Hall–Kier alpha value is -3.00. The highest BCUT2D eigenvalue weighted by molar-refractivity contribution is 7.90. The van der Waals surface area contributed by atoms with Gasteiger partial charge in [-0.2, -0.15) is 5.10 Å². The van der Waals surface area contributed by atoms with Crippen molar-refractivity contribution in [3.05, 3.63) is 77.4 Å². The van der Waals surface area contributed by atoms with E-state index in [0.717, 1.165) is 29.8 Å². The van der Waals surface area contributed by atoms with Gasteiger partial charge in [0, 0.05) is 29.8 Å². The van der Waals surface area contributed by atoms with Gasteiger partial charge in [-0.3, -0.25) is 4.79 Å². The van der Waals surface area contributed by atoms with E-state index in [-0.39, 0.29) is 22.9 Å². The number of benzene rings is 2. The van der Waals surface area contributed by atoms with Crippen molar-refractivity contribution in [1.82, 2.24) is 14.7 Å². The first kappa shape index (κ1) is 19.0. The van der Waals surface area contributed by atoms with Crippen LogP contribution in [-0.2, 0) is 16.3 Å². The van der Waals surface area contributed by atoms with Crippen LogP contribution in [0.3, 0.4) is 0 Å². The first-order valence-corrected chi connectivity index (χ1v) is 11.7. The van der Waals surface area contributed by atoms with Crippen LogP contribution < -0.4 is 0 Å². The van der Waals surface area contributed by atoms with Gasteiger partial charge in [-0.1, -0.05) is 6.07 Å². The molecular weight excluding hydrogens is 405 g/mol. The van der Waals surface area contributed by atoms with Crippen LogP contribution in [0.2, 0.25) is 0 Å². The van der Waals surface area contributed by atoms with Crippen molar-refractivity contribution in [2.45, 2.75) is 36.2 Å². The van der Waals surface area contributed by atoms with Crippen LogP contribution in [0, 0.1) is 5.82 Å². The molecule has 0 radical (unpaired) electrons. The Morgan fingerprint density at radius 2 is 1.90 bits per heavy atom. The van der Waals surface area contributed by atoms with Crippen LogP contribution in [0.25, 0.3) is 5.69 Å². The quantitative estimate of drug-likeness (QED) is 0.645. The van der Waals surface area contributed by atoms with Crippen molar-refractivity contribution < 1.29 is 17.6 Å². The number of carbonyl (C=O) groups excluding carboxylic acids is 1. The summed E-state index contributed by atoms with van der Waals surface area (Å²) in [6.07, 6.45) is 5.35. The van der Waals surface area contributed by atoms with E-state index in [9.17, 15) is 17.6 Å². The molecule has 1 amide bonds. The molecule has 1 saturated heterocycles. The molecule has 2 aliphatic heterocycles. The molecule has 0 spiro atoms. The Balaban J connectivity index is 1.49. The molecule has 1 fully saturated rings. The van der Waals surface area contributed by atoms with Crippen molar-refractivity contribution >= 4 is 15.7 Å². The van der Waals surface area contributed by atoms with E-state index < -0.39 is 15.7 Å². The number of halogens is 1. The van der Waals surface area contributed by atoms with E-state index in [0.29, 0.717) is 12.0 Å². The van der Waals surface area contributed by atoms with Gasteiger partial charge in [0.1, 0.15) is 5.82 Å². The van der Waals surface area contributed by atoms with Crippen LogP contribution >= 0.6 is 0 Å². The molecule has 0 aliphatic carbocycles. The standard InChI is InChI=1S/C22H20FN3O3S/c1-30(28,29)18-8-5-16(6-9-18)26-21-12-17-7-10-20(19(21)13-24-26)25(17)22(27)14-3-2-4-15(23)11-14/h2-6,8-9,11,13,17,20H,7,10,12H2,1H3/t17-,20+/m0/s1. The van der Waals surface area contributed by atoms with E-state index in [4.69, 9.17) is 0 Å². The summed E-state index contributed by atoms with van der Waals surface area (Å²) in [5, 5.41) is 4.53. The molecule has 30 heavy (non-hydrogen) atoms. The number of rotatable bonds is 3. The molecule has 2 bridgehead atoms. The summed E-state index contributed by atoms with van der Waals surface area (Å²) in [6.45, 7) is 0. The third-order valence-electron chi connectivity index (χ3n) is 6.01. The smallest absolute Gasteiger partial charge is 0.254 e. The molecule has 3 heterocycles. The number of nitrogens with zero attached hydrogens (tertiary/aromatic N) is 3. The van der Waals surface area contributed by atoms with Crippen LogP contribution in [0.5, 0.6) is 0 Å². The Bertz CT molecular complexity index is 1250. The summed E-state index contributed by atoms with van der Waals surface area (Å²) in [5.41, 5.74) is 3.19. The Labute approximate surface area is 173 Å². The minimum absolute atomic E-state index is 0.0315. The van der Waals surface area contributed by atoms with Gasteiger partial charge in [-0.15, -0.1) is 0 Å². The van der Waals surface area contributed by atoms with Crippen molar-refractivity contribution in [3.8, 4) is 5.69 Å². The third kappa shape index (κ3) is 3.02. The van der Waals surface area contributed by atoms with E-state index in [1.165, 1.54) is 18.4 Å². The molecule has 0 N–H and O–H groups in total. The second-order valence-corrected chi connectivity index (χ2v) is 9.91. The molecule has 2 atom stereocenters. The van der Waals surface area contributed by atoms with Crippen LogP contribution in [0.1, 0.15) is 40.5 Å². The van der Waals surface area contributed by atoms with Gasteiger partial charge in [0.2, 0.25) is 0 Å². The predicted molar refractivity (Wildman–Crippen MR) is 109 cm³/mol. The van der Waals surface area contributed by atoms with Gasteiger partial charge in [-0.25, -0.2) is 17.5 Å². The third-order valence-corrected chi connectivity index (χ3v) is 7.14.